The van der Waals surface area contributed by atoms with Crippen molar-refractivity contribution in [1.29, 1.82) is 0 Å². The predicted molar refractivity (Wildman–Crippen MR) is 130 cm³/mol. The molecule has 170 valence electrons. The molecule has 33 heavy (non-hydrogen) atoms. The smallest absolute Gasteiger partial charge is 0.322 e. The average Bonchev–Trinajstić information content (AvgIpc) is 3.30. The van der Waals surface area contributed by atoms with Crippen LogP contribution in [0.3, 0.4) is 0 Å². The van der Waals surface area contributed by atoms with Crippen molar-refractivity contribution in [3.63, 3.8) is 0 Å². The highest BCUT2D eigenvalue weighted by molar-refractivity contribution is 6.31. The van der Waals surface area contributed by atoms with Crippen LogP contribution in [0.1, 0.15) is 31.5 Å². The summed E-state index contributed by atoms with van der Waals surface area (Å²) in [6.45, 7) is 4.26. The molecule has 2 amide bonds. The van der Waals surface area contributed by atoms with E-state index in [4.69, 9.17) is 32.6 Å². The maximum atomic E-state index is 13.4. The van der Waals surface area contributed by atoms with Gasteiger partial charge < -0.3 is 14.6 Å². The lowest BCUT2D eigenvalue weighted by atomic mass is 10.2. The number of hydrogen-bond donors (Lipinski definition) is 1. The number of aromatic nitrogens is 2. The van der Waals surface area contributed by atoms with Gasteiger partial charge in [0.1, 0.15) is 11.6 Å². The molecule has 2 aromatic heterocycles. The summed E-state index contributed by atoms with van der Waals surface area (Å²) in [7, 11) is 0. The molecule has 0 bridgehead atoms. The molecule has 4 rings (SSSR count). The topological polar surface area (TPSA) is 80.4 Å². The van der Waals surface area contributed by atoms with Gasteiger partial charge >= 0.3 is 6.03 Å². The van der Waals surface area contributed by atoms with Crippen LogP contribution >= 0.6 is 23.2 Å². The lowest BCUT2D eigenvalue weighted by Crippen LogP contribution is -2.39. The Morgan fingerprint density at radius 3 is 2.64 bits per heavy atom. The number of amides is 2. The van der Waals surface area contributed by atoms with E-state index in [2.05, 4.69) is 5.32 Å². The molecule has 0 aliphatic rings. The molecule has 0 fully saturated rings. The molecule has 4 aromatic rings. The first-order valence-electron chi connectivity index (χ1n) is 10.4. The number of carbonyl (C=O) groups excluding carboxylic acids is 1. The first-order valence-corrected chi connectivity index (χ1v) is 11.2. The van der Waals surface area contributed by atoms with Crippen LogP contribution in [0.2, 0.25) is 10.0 Å². The van der Waals surface area contributed by atoms with E-state index in [9.17, 15) is 9.59 Å². The molecule has 0 aliphatic carbocycles. The van der Waals surface area contributed by atoms with Gasteiger partial charge in [-0.05, 0) is 62.4 Å². The van der Waals surface area contributed by atoms with Crippen LogP contribution in [-0.2, 0) is 13.1 Å². The lowest BCUT2D eigenvalue weighted by Gasteiger charge is -2.30. The van der Waals surface area contributed by atoms with Gasteiger partial charge in [-0.1, -0.05) is 29.3 Å². The van der Waals surface area contributed by atoms with Crippen LogP contribution in [0.25, 0.3) is 10.9 Å². The second-order valence-corrected chi connectivity index (χ2v) is 8.38. The molecule has 0 radical (unpaired) electrons. The van der Waals surface area contributed by atoms with Gasteiger partial charge in [-0.25, -0.2) is 9.78 Å². The molecule has 0 spiro atoms. The monoisotopic (exact) mass is 484 g/mol. The summed E-state index contributed by atoms with van der Waals surface area (Å²) in [6.07, 6.45) is 1.55. The molecular weight excluding hydrogens is 463 g/mol. The highest BCUT2D eigenvalue weighted by Crippen LogP contribution is 2.25. The largest absolute Gasteiger partial charge is 0.467 e. The van der Waals surface area contributed by atoms with Crippen LogP contribution < -0.4 is 10.9 Å². The number of fused-ring (bicyclic) bond motifs is 1. The van der Waals surface area contributed by atoms with Crippen molar-refractivity contribution >= 4 is 45.8 Å². The van der Waals surface area contributed by atoms with Crippen molar-refractivity contribution in [1.82, 2.24) is 14.5 Å². The minimum Gasteiger partial charge on any atom is -0.467 e. The number of rotatable bonds is 6. The SMILES string of the molecule is CCn1c(C(C)N(Cc2ccco2)C(=O)Nc2cccc(Cl)c2)nc2ccc(Cl)cc2c1=O. The molecule has 2 aromatic carbocycles. The maximum absolute atomic E-state index is 13.4. The number of carbonyl (C=O) groups is 1. The van der Waals surface area contributed by atoms with Gasteiger partial charge in [0.05, 0.1) is 29.8 Å². The average molecular weight is 485 g/mol. The Kier molecular flexibility index (Phi) is 6.72. The minimum atomic E-state index is -0.554. The molecule has 1 unspecified atom stereocenters. The summed E-state index contributed by atoms with van der Waals surface area (Å²) in [5, 5.41) is 4.27. The normalized spacial score (nSPS) is 12.0. The van der Waals surface area contributed by atoms with Crippen LogP contribution in [0.15, 0.2) is 70.1 Å². The molecule has 0 saturated carbocycles. The molecular formula is C24H22Cl2N4O3. The summed E-state index contributed by atoms with van der Waals surface area (Å²) in [5.41, 5.74) is 0.863. The number of anilines is 1. The number of halogens is 2. The van der Waals surface area contributed by atoms with E-state index in [0.717, 1.165) is 0 Å². The van der Waals surface area contributed by atoms with E-state index in [1.165, 1.54) is 0 Å². The summed E-state index contributed by atoms with van der Waals surface area (Å²) in [6, 6.07) is 14.5. The Bertz CT molecular complexity index is 1350. The summed E-state index contributed by atoms with van der Waals surface area (Å²) < 4.78 is 7.05. The summed E-state index contributed by atoms with van der Waals surface area (Å²) in [4.78, 5) is 32.8. The molecule has 0 aliphatic heterocycles. The van der Waals surface area contributed by atoms with Gasteiger partial charge in [-0.15, -0.1) is 0 Å². The van der Waals surface area contributed by atoms with Crippen molar-refractivity contribution in [2.75, 3.05) is 5.32 Å². The number of benzene rings is 2. The zero-order chi connectivity index (χ0) is 23.5. The van der Waals surface area contributed by atoms with E-state index in [1.807, 2.05) is 13.8 Å². The maximum Gasteiger partial charge on any atom is 0.322 e. The molecule has 1 atom stereocenters. The fraction of sp³-hybridized carbons (Fsp3) is 0.208. The zero-order valence-corrected chi connectivity index (χ0v) is 19.6. The van der Waals surface area contributed by atoms with E-state index < -0.39 is 6.04 Å². The van der Waals surface area contributed by atoms with Gasteiger partial charge in [-0.2, -0.15) is 0 Å². The lowest BCUT2D eigenvalue weighted by molar-refractivity contribution is 0.178. The van der Waals surface area contributed by atoms with Crippen LogP contribution in [0.5, 0.6) is 0 Å². The Balaban J connectivity index is 1.76. The fourth-order valence-corrected chi connectivity index (χ4v) is 4.05. The van der Waals surface area contributed by atoms with E-state index in [0.29, 0.717) is 44.8 Å². The molecule has 9 heteroatoms. The van der Waals surface area contributed by atoms with Crippen molar-refractivity contribution < 1.29 is 9.21 Å². The minimum absolute atomic E-state index is 0.179. The highest BCUT2D eigenvalue weighted by atomic mass is 35.5. The number of hydrogen-bond acceptors (Lipinski definition) is 4. The Morgan fingerprint density at radius 2 is 1.94 bits per heavy atom. The molecule has 7 nitrogen and oxygen atoms in total. The van der Waals surface area contributed by atoms with Crippen molar-refractivity contribution in [2.24, 2.45) is 0 Å². The third-order valence-electron chi connectivity index (χ3n) is 5.35. The number of urea groups is 1. The van der Waals surface area contributed by atoms with Gasteiger partial charge in [0.25, 0.3) is 5.56 Å². The van der Waals surface area contributed by atoms with Gasteiger partial charge in [0.15, 0.2) is 0 Å². The third kappa shape index (κ3) is 4.89. The highest BCUT2D eigenvalue weighted by Gasteiger charge is 2.27. The summed E-state index contributed by atoms with van der Waals surface area (Å²) in [5.74, 6) is 1.06. The van der Waals surface area contributed by atoms with Gasteiger partial charge in [-0.3, -0.25) is 9.36 Å². The van der Waals surface area contributed by atoms with E-state index in [-0.39, 0.29) is 18.1 Å². The quantitative estimate of drug-likeness (QED) is 0.357. The van der Waals surface area contributed by atoms with Crippen LogP contribution in [-0.4, -0.2) is 20.5 Å². The first kappa shape index (κ1) is 22.9. The Labute approximate surface area is 200 Å². The number of nitrogens with zero attached hydrogens (tertiary/aromatic N) is 3. The van der Waals surface area contributed by atoms with Crippen molar-refractivity contribution in [3.8, 4) is 0 Å². The summed E-state index contributed by atoms with van der Waals surface area (Å²) >= 11 is 12.2. The molecule has 0 saturated heterocycles. The van der Waals surface area contributed by atoms with E-state index >= 15 is 0 Å². The number of nitrogens with one attached hydrogen (secondary N) is 1. The third-order valence-corrected chi connectivity index (χ3v) is 5.82. The number of furan rings is 1. The van der Waals surface area contributed by atoms with Gasteiger partial charge in [0, 0.05) is 22.3 Å². The van der Waals surface area contributed by atoms with Crippen molar-refractivity contribution in [2.45, 2.75) is 33.0 Å². The zero-order valence-electron chi connectivity index (χ0n) is 18.1. The second kappa shape index (κ2) is 9.68. The Hall–Kier alpha value is -3.29. The van der Waals surface area contributed by atoms with Crippen LogP contribution in [0, 0.1) is 0 Å². The van der Waals surface area contributed by atoms with Crippen molar-refractivity contribution in [3.05, 3.63) is 92.8 Å². The standard InChI is InChI=1S/C24H22Cl2N4O3/c1-3-29-22(28-21-10-9-17(26)13-20(21)23(29)31)15(2)30(14-19-8-5-11-33-19)24(32)27-18-7-4-6-16(25)12-18/h4-13,15H,3,14H2,1-2H3,(H,27,32). The second-order valence-electron chi connectivity index (χ2n) is 7.50. The fourth-order valence-electron chi connectivity index (χ4n) is 3.69. The van der Waals surface area contributed by atoms with E-state index in [1.54, 1.807) is 70.3 Å². The molecule has 2 heterocycles. The van der Waals surface area contributed by atoms with Gasteiger partial charge in [0.2, 0.25) is 0 Å². The molecule has 1 N–H and O–H groups in total. The van der Waals surface area contributed by atoms with Crippen LogP contribution in [0.4, 0.5) is 10.5 Å². The first-order chi connectivity index (χ1) is 15.9. The Morgan fingerprint density at radius 1 is 1.15 bits per heavy atom. The predicted octanol–water partition coefficient (Wildman–Crippen LogP) is 6.11.